The second-order valence-electron chi connectivity index (χ2n) is 11.3. The quantitative estimate of drug-likeness (QED) is 0.263. The van der Waals surface area contributed by atoms with Crippen LogP contribution in [0.2, 0.25) is 0 Å². The molecule has 1 heterocycles. The van der Waals surface area contributed by atoms with Gasteiger partial charge in [-0.25, -0.2) is 4.68 Å². The molecule has 1 aliphatic rings. The van der Waals surface area contributed by atoms with Crippen LogP contribution in [0.15, 0.2) is 60.8 Å². The fraction of sp³-hybridized carbons (Fsp3) is 0.367. The first-order chi connectivity index (χ1) is 17.7. The summed E-state index contributed by atoms with van der Waals surface area (Å²) in [6.45, 7) is 9.11. The number of fused-ring (bicyclic) bond motifs is 2. The summed E-state index contributed by atoms with van der Waals surface area (Å²) in [4.78, 5) is 0. The standard InChI is InChI=1S/C30H32F3N3O2/c1-17(2)22-11-12-23-25(26(22)37)28(4,5)16-29(38,30(31,32)33)27(23)35-20-8-13-24-19(14-20)15-34-36(24)21-9-6-18(3)7-10-21/h6-15,17,27,35,37-38H,16H2,1-5H3/t27-,29-/m0/s1. The SMILES string of the molecule is Cc1ccc(-n2ncc3cc(N[C@H]4c5ccc(C(C)C)c(O)c5C(C)(C)C[C@@]4(O)C(F)(F)F)ccc32)cc1. The van der Waals surface area contributed by atoms with E-state index in [1.807, 2.05) is 45.0 Å². The number of rotatable bonds is 4. The molecule has 0 saturated heterocycles. The van der Waals surface area contributed by atoms with E-state index >= 15 is 0 Å². The summed E-state index contributed by atoms with van der Waals surface area (Å²) in [6.07, 6.45) is -3.85. The van der Waals surface area contributed by atoms with Gasteiger partial charge in [0.2, 0.25) is 0 Å². The molecule has 0 amide bonds. The lowest BCUT2D eigenvalue weighted by atomic mass is 9.62. The predicted molar refractivity (Wildman–Crippen MR) is 143 cm³/mol. The smallest absolute Gasteiger partial charge is 0.419 e. The third kappa shape index (κ3) is 4.11. The maximum absolute atomic E-state index is 14.5. The number of aromatic hydroxyl groups is 1. The van der Waals surface area contributed by atoms with Gasteiger partial charge < -0.3 is 15.5 Å². The van der Waals surface area contributed by atoms with Crippen LogP contribution >= 0.6 is 0 Å². The molecular weight excluding hydrogens is 491 g/mol. The molecule has 0 fully saturated rings. The molecule has 0 radical (unpaired) electrons. The fourth-order valence-electron chi connectivity index (χ4n) is 5.80. The topological polar surface area (TPSA) is 70.3 Å². The van der Waals surface area contributed by atoms with Crippen molar-refractivity contribution < 1.29 is 23.4 Å². The zero-order chi connectivity index (χ0) is 27.6. The highest BCUT2D eigenvalue weighted by molar-refractivity contribution is 5.84. The highest BCUT2D eigenvalue weighted by Crippen LogP contribution is 2.57. The molecule has 8 heteroatoms. The molecule has 3 N–H and O–H groups in total. The number of aryl methyl sites for hydroxylation is 1. The molecule has 0 bridgehead atoms. The van der Waals surface area contributed by atoms with Gasteiger partial charge in [-0.2, -0.15) is 18.3 Å². The average Bonchev–Trinajstić information content (AvgIpc) is 3.24. The Labute approximate surface area is 219 Å². The number of hydrogen-bond donors (Lipinski definition) is 3. The maximum Gasteiger partial charge on any atom is 0.419 e. The van der Waals surface area contributed by atoms with Gasteiger partial charge >= 0.3 is 6.18 Å². The highest BCUT2D eigenvalue weighted by Gasteiger charge is 2.64. The predicted octanol–water partition coefficient (Wildman–Crippen LogP) is 7.29. The second kappa shape index (κ2) is 8.76. The first kappa shape index (κ1) is 26.1. The Morgan fingerprint density at radius 1 is 1.05 bits per heavy atom. The van der Waals surface area contributed by atoms with Gasteiger partial charge in [0.05, 0.1) is 23.4 Å². The minimum absolute atomic E-state index is 0.00616. The van der Waals surface area contributed by atoms with Gasteiger partial charge in [0.15, 0.2) is 5.60 Å². The van der Waals surface area contributed by atoms with Crippen molar-refractivity contribution in [2.45, 2.75) is 70.2 Å². The third-order valence-corrected chi connectivity index (χ3v) is 7.69. The first-order valence-electron chi connectivity index (χ1n) is 12.7. The van der Waals surface area contributed by atoms with E-state index in [1.165, 1.54) is 0 Å². The van der Waals surface area contributed by atoms with E-state index in [0.29, 0.717) is 16.8 Å². The molecule has 1 aliphatic carbocycles. The Balaban J connectivity index is 1.61. The zero-order valence-corrected chi connectivity index (χ0v) is 22.1. The third-order valence-electron chi connectivity index (χ3n) is 7.69. The lowest BCUT2D eigenvalue weighted by Gasteiger charge is -2.49. The second-order valence-corrected chi connectivity index (χ2v) is 11.3. The number of phenols is 1. The Kier molecular flexibility index (Phi) is 6.02. The number of aliphatic hydroxyl groups is 1. The summed E-state index contributed by atoms with van der Waals surface area (Å²) >= 11 is 0. The van der Waals surface area contributed by atoms with E-state index in [-0.39, 0.29) is 17.2 Å². The summed E-state index contributed by atoms with van der Waals surface area (Å²) in [5.41, 5.74) is 0.359. The molecule has 0 spiro atoms. The average molecular weight is 524 g/mol. The summed E-state index contributed by atoms with van der Waals surface area (Å²) in [5, 5.41) is 30.6. The minimum Gasteiger partial charge on any atom is -0.507 e. The Bertz CT molecular complexity index is 1510. The van der Waals surface area contributed by atoms with E-state index in [1.54, 1.807) is 55.1 Å². The van der Waals surface area contributed by atoms with Crippen molar-refractivity contribution in [3.8, 4) is 11.4 Å². The van der Waals surface area contributed by atoms with Gasteiger partial charge in [-0.3, -0.25) is 0 Å². The molecule has 5 nitrogen and oxygen atoms in total. The van der Waals surface area contributed by atoms with Gasteiger partial charge in [-0.15, -0.1) is 0 Å². The molecule has 5 rings (SSSR count). The van der Waals surface area contributed by atoms with Crippen LogP contribution in [0.3, 0.4) is 0 Å². The van der Waals surface area contributed by atoms with Crippen molar-refractivity contribution in [2.75, 3.05) is 5.32 Å². The number of nitrogens with one attached hydrogen (secondary N) is 1. The molecule has 2 atom stereocenters. The van der Waals surface area contributed by atoms with Gasteiger partial charge in [-0.1, -0.05) is 57.5 Å². The minimum atomic E-state index is -4.91. The Morgan fingerprint density at radius 3 is 2.37 bits per heavy atom. The molecule has 4 aromatic rings. The number of anilines is 1. The van der Waals surface area contributed by atoms with Crippen LogP contribution in [0.4, 0.5) is 18.9 Å². The monoisotopic (exact) mass is 523 g/mol. The zero-order valence-electron chi connectivity index (χ0n) is 22.1. The van der Waals surface area contributed by atoms with Gasteiger partial charge in [0.1, 0.15) is 5.75 Å². The van der Waals surface area contributed by atoms with Gasteiger partial charge in [-0.05, 0) is 66.1 Å². The van der Waals surface area contributed by atoms with E-state index in [2.05, 4.69) is 10.4 Å². The summed E-state index contributed by atoms with van der Waals surface area (Å²) in [6, 6.07) is 14.8. The summed E-state index contributed by atoms with van der Waals surface area (Å²) in [5.74, 6) is -0.0215. The number of benzene rings is 3. The van der Waals surface area contributed by atoms with Crippen LogP contribution in [0, 0.1) is 6.92 Å². The van der Waals surface area contributed by atoms with Crippen molar-refractivity contribution in [3.05, 3.63) is 83.0 Å². The Hall–Kier alpha value is -3.52. The van der Waals surface area contributed by atoms with E-state index in [4.69, 9.17) is 0 Å². The lowest BCUT2D eigenvalue weighted by Crippen LogP contribution is -2.58. The number of alkyl halides is 3. The van der Waals surface area contributed by atoms with Crippen LogP contribution in [0.25, 0.3) is 16.6 Å². The molecule has 0 aliphatic heterocycles. The maximum atomic E-state index is 14.5. The van der Waals surface area contributed by atoms with Crippen LogP contribution in [-0.2, 0) is 5.41 Å². The summed E-state index contributed by atoms with van der Waals surface area (Å²) < 4.78 is 45.4. The molecule has 1 aromatic heterocycles. The molecule has 0 saturated carbocycles. The fourth-order valence-corrected chi connectivity index (χ4v) is 5.80. The van der Waals surface area contributed by atoms with Crippen molar-refractivity contribution in [1.29, 1.82) is 0 Å². The highest BCUT2D eigenvalue weighted by atomic mass is 19.4. The van der Waals surface area contributed by atoms with Crippen molar-refractivity contribution in [3.63, 3.8) is 0 Å². The largest absolute Gasteiger partial charge is 0.507 e. The molecule has 0 unspecified atom stereocenters. The number of nitrogens with zero attached hydrogens (tertiary/aromatic N) is 2. The van der Waals surface area contributed by atoms with Crippen LogP contribution in [0.1, 0.15) is 68.3 Å². The number of hydrogen-bond acceptors (Lipinski definition) is 4. The van der Waals surface area contributed by atoms with E-state index < -0.39 is 29.7 Å². The Morgan fingerprint density at radius 2 is 1.74 bits per heavy atom. The van der Waals surface area contributed by atoms with Gasteiger partial charge in [0, 0.05) is 16.6 Å². The number of aromatic nitrogens is 2. The van der Waals surface area contributed by atoms with Gasteiger partial charge in [0.25, 0.3) is 0 Å². The van der Waals surface area contributed by atoms with Crippen LogP contribution < -0.4 is 5.32 Å². The molecular formula is C30H32F3N3O2. The summed E-state index contributed by atoms with van der Waals surface area (Å²) in [7, 11) is 0. The van der Waals surface area contributed by atoms with Crippen molar-refractivity contribution >= 4 is 16.6 Å². The van der Waals surface area contributed by atoms with E-state index in [0.717, 1.165) is 22.2 Å². The lowest BCUT2D eigenvalue weighted by molar-refractivity contribution is -0.276. The molecule has 3 aromatic carbocycles. The normalized spacial score (nSPS) is 21.1. The van der Waals surface area contributed by atoms with Crippen molar-refractivity contribution in [2.24, 2.45) is 0 Å². The van der Waals surface area contributed by atoms with E-state index in [9.17, 15) is 23.4 Å². The van der Waals surface area contributed by atoms with Crippen LogP contribution in [0.5, 0.6) is 5.75 Å². The van der Waals surface area contributed by atoms with Crippen LogP contribution in [-0.4, -0.2) is 31.8 Å². The number of halogens is 3. The number of phenolic OH excluding ortho intramolecular Hbond substituents is 1. The molecule has 38 heavy (non-hydrogen) atoms. The first-order valence-corrected chi connectivity index (χ1v) is 12.7. The molecule has 200 valence electrons. The van der Waals surface area contributed by atoms with Crippen molar-refractivity contribution in [1.82, 2.24) is 9.78 Å².